The molecule has 1 aromatic rings. The average Bonchev–Trinajstić information content (AvgIpc) is 2.32. The zero-order chi connectivity index (χ0) is 13.9. The lowest BCUT2D eigenvalue weighted by atomic mass is 10.0. The van der Waals surface area contributed by atoms with E-state index in [4.69, 9.17) is 0 Å². The van der Waals surface area contributed by atoms with Crippen molar-refractivity contribution in [2.24, 2.45) is 7.05 Å². The van der Waals surface area contributed by atoms with Gasteiger partial charge in [-0.2, -0.15) is 0 Å². The summed E-state index contributed by atoms with van der Waals surface area (Å²) in [6, 6.07) is 2.25. The fourth-order valence-electron chi connectivity index (χ4n) is 1.95. The highest BCUT2D eigenvalue weighted by atomic mass is 14.9. The van der Waals surface area contributed by atoms with Gasteiger partial charge in [0.25, 0.3) is 0 Å². The van der Waals surface area contributed by atoms with Crippen LogP contribution in [0.3, 0.4) is 0 Å². The van der Waals surface area contributed by atoms with Crippen molar-refractivity contribution in [3.8, 4) is 0 Å². The molecule has 0 fully saturated rings. The maximum absolute atomic E-state index is 3.81. The van der Waals surface area contributed by atoms with Crippen molar-refractivity contribution in [1.82, 2.24) is 0 Å². The summed E-state index contributed by atoms with van der Waals surface area (Å²) in [6.07, 6.45) is 6.31. The van der Waals surface area contributed by atoms with Crippen molar-refractivity contribution in [2.45, 2.75) is 34.6 Å². The maximum atomic E-state index is 3.81. The minimum absolute atomic E-state index is 1.22. The Labute approximate surface area is 111 Å². The SMILES string of the molecule is C=C/C(C)=C(C)\C=C(/C)c1cc(C)c(C)c[n+]1C. The predicted octanol–water partition coefficient (Wildman–Crippen LogP) is 4.05. The molecule has 0 atom stereocenters. The van der Waals surface area contributed by atoms with Gasteiger partial charge in [-0.1, -0.05) is 12.7 Å². The number of pyridine rings is 1. The minimum atomic E-state index is 1.22. The van der Waals surface area contributed by atoms with Gasteiger partial charge in [-0.3, -0.25) is 0 Å². The third-order valence-corrected chi connectivity index (χ3v) is 3.51. The third-order valence-electron chi connectivity index (χ3n) is 3.51. The molecule has 0 amide bonds. The number of rotatable bonds is 3. The van der Waals surface area contributed by atoms with Crippen LogP contribution in [0.4, 0.5) is 0 Å². The van der Waals surface area contributed by atoms with E-state index < -0.39 is 0 Å². The van der Waals surface area contributed by atoms with Gasteiger partial charge in [0, 0.05) is 17.2 Å². The molecule has 0 unspecified atom stereocenters. The quantitative estimate of drug-likeness (QED) is 0.556. The van der Waals surface area contributed by atoms with Crippen LogP contribution < -0.4 is 4.57 Å². The van der Waals surface area contributed by atoms with E-state index >= 15 is 0 Å². The van der Waals surface area contributed by atoms with Gasteiger partial charge in [0.15, 0.2) is 6.20 Å². The zero-order valence-corrected chi connectivity index (χ0v) is 12.5. The Kier molecular flexibility index (Phi) is 4.66. The molecule has 0 N–H and O–H groups in total. The summed E-state index contributed by atoms with van der Waals surface area (Å²) in [6.45, 7) is 14.5. The van der Waals surface area contributed by atoms with Crippen molar-refractivity contribution in [3.63, 3.8) is 0 Å². The molecule has 1 nitrogen and oxygen atoms in total. The summed E-state index contributed by atoms with van der Waals surface area (Å²) in [5.74, 6) is 0. The van der Waals surface area contributed by atoms with Gasteiger partial charge in [-0.25, -0.2) is 4.57 Å². The second kappa shape index (κ2) is 5.81. The standard InChI is InChI=1S/C17H24N/c1-8-12(2)13(3)9-15(5)17-10-14(4)16(6)11-18(17)7/h8-11H,1H2,2-7H3/q+1/b13-12-,15-9+. The van der Waals surface area contributed by atoms with Crippen LogP contribution in [0.5, 0.6) is 0 Å². The molecule has 0 saturated carbocycles. The molecular formula is C17H24N+. The molecule has 1 aromatic heterocycles. The molecule has 0 aliphatic carbocycles. The molecular weight excluding hydrogens is 218 g/mol. The van der Waals surface area contributed by atoms with E-state index in [0.717, 1.165) is 0 Å². The molecule has 0 spiro atoms. The van der Waals surface area contributed by atoms with Gasteiger partial charge < -0.3 is 0 Å². The van der Waals surface area contributed by atoms with Gasteiger partial charge in [0.2, 0.25) is 5.69 Å². The predicted molar refractivity (Wildman–Crippen MR) is 79.3 cm³/mol. The summed E-state index contributed by atoms with van der Waals surface area (Å²) in [4.78, 5) is 0. The first-order valence-electron chi connectivity index (χ1n) is 6.32. The second-order valence-corrected chi connectivity index (χ2v) is 5.03. The highest BCUT2D eigenvalue weighted by Crippen LogP contribution is 2.17. The first kappa shape index (κ1) is 14.4. The van der Waals surface area contributed by atoms with E-state index in [1.807, 2.05) is 6.08 Å². The Morgan fingerprint density at radius 1 is 1.11 bits per heavy atom. The molecule has 1 heterocycles. The largest absolute Gasteiger partial charge is 0.208 e. The van der Waals surface area contributed by atoms with Crippen molar-refractivity contribution in [3.05, 3.63) is 59.0 Å². The van der Waals surface area contributed by atoms with E-state index in [9.17, 15) is 0 Å². The van der Waals surface area contributed by atoms with Crippen LogP contribution in [0.2, 0.25) is 0 Å². The molecule has 0 radical (unpaired) electrons. The maximum Gasteiger partial charge on any atom is 0.208 e. The Bertz CT molecular complexity index is 531. The first-order valence-corrected chi connectivity index (χ1v) is 6.32. The van der Waals surface area contributed by atoms with Crippen molar-refractivity contribution in [2.75, 3.05) is 0 Å². The van der Waals surface area contributed by atoms with Gasteiger partial charge in [0.05, 0.1) is 0 Å². The van der Waals surface area contributed by atoms with Crippen LogP contribution in [-0.4, -0.2) is 0 Å². The summed E-state index contributed by atoms with van der Waals surface area (Å²) in [5.41, 5.74) is 7.68. The number of aryl methyl sites for hydroxylation is 3. The number of hydrogen-bond donors (Lipinski definition) is 0. The fraction of sp³-hybridized carbons (Fsp3) is 0.353. The molecule has 0 bridgehead atoms. The fourth-order valence-corrected chi connectivity index (χ4v) is 1.95. The Morgan fingerprint density at radius 3 is 2.28 bits per heavy atom. The summed E-state index contributed by atoms with van der Waals surface area (Å²) in [7, 11) is 2.10. The van der Waals surface area contributed by atoms with Gasteiger partial charge in [-0.15, -0.1) is 0 Å². The Morgan fingerprint density at radius 2 is 1.72 bits per heavy atom. The number of aromatic nitrogens is 1. The molecule has 18 heavy (non-hydrogen) atoms. The molecule has 1 heteroatoms. The van der Waals surface area contributed by atoms with Gasteiger partial charge >= 0.3 is 0 Å². The van der Waals surface area contributed by atoms with E-state index in [2.05, 4.69) is 71.2 Å². The summed E-state index contributed by atoms with van der Waals surface area (Å²) < 4.78 is 2.19. The lowest BCUT2D eigenvalue weighted by Crippen LogP contribution is -2.33. The van der Waals surface area contributed by atoms with Crippen LogP contribution in [-0.2, 0) is 7.05 Å². The summed E-state index contributed by atoms with van der Waals surface area (Å²) >= 11 is 0. The van der Waals surface area contributed by atoms with E-state index in [0.29, 0.717) is 0 Å². The van der Waals surface area contributed by atoms with Crippen LogP contribution in [0.1, 0.15) is 37.6 Å². The van der Waals surface area contributed by atoms with Crippen molar-refractivity contribution < 1.29 is 4.57 Å². The second-order valence-electron chi connectivity index (χ2n) is 5.03. The van der Waals surface area contributed by atoms with Crippen LogP contribution in [0, 0.1) is 13.8 Å². The van der Waals surface area contributed by atoms with E-state index in [-0.39, 0.29) is 0 Å². The molecule has 0 aliphatic rings. The normalized spacial score (nSPS) is 13.3. The Balaban J connectivity index is 3.27. The van der Waals surface area contributed by atoms with Crippen molar-refractivity contribution in [1.29, 1.82) is 0 Å². The minimum Gasteiger partial charge on any atom is -0.201 e. The molecule has 0 saturated heterocycles. The van der Waals surface area contributed by atoms with Crippen LogP contribution in [0.25, 0.3) is 5.57 Å². The molecule has 0 aromatic carbocycles. The molecule has 96 valence electrons. The molecule has 0 aliphatic heterocycles. The lowest BCUT2D eigenvalue weighted by molar-refractivity contribution is -0.674. The highest BCUT2D eigenvalue weighted by Gasteiger charge is 2.11. The third kappa shape index (κ3) is 3.19. The van der Waals surface area contributed by atoms with Gasteiger partial charge in [0.1, 0.15) is 7.05 Å². The smallest absolute Gasteiger partial charge is 0.201 e. The van der Waals surface area contributed by atoms with Gasteiger partial charge in [-0.05, 0) is 57.4 Å². The van der Waals surface area contributed by atoms with E-state index in [1.54, 1.807) is 0 Å². The Hall–Kier alpha value is -1.63. The van der Waals surface area contributed by atoms with Crippen LogP contribution >= 0.6 is 0 Å². The number of allylic oxidation sites excluding steroid dienone is 5. The average molecular weight is 242 g/mol. The number of nitrogens with zero attached hydrogens (tertiary/aromatic N) is 1. The number of hydrogen-bond acceptors (Lipinski definition) is 0. The van der Waals surface area contributed by atoms with Crippen LogP contribution in [0.15, 0.2) is 42.1 Å². The highest BCUT2D eigenvalue weighted by molar-refractivity contribution is 5.62. The topological polar surface area (TPSA) is 3.88 Å². The first-order chi connectivity index (χ1) is 8.36. The van der Waals surface area contributed by atoms with E-state index in [1.165, 1.54) is 33.5 Å². The zero-order valence-electron chi connectivity index (χ0n) is 12.5. The van der Waals surface area contributed by atoms with Crippen molar-refractivity contribution >= 4 is 5.57 Å². The monoisotopic (exact) mass is 242 g/mol. The lowest BCUT2D eigenvalue weighted by Gasteiger charge is -2.05. The molecule has 1 rings (SSSR count). The summed E-state index contributed by atoms with van der Waals surface area (Å²) in [5, 5.41) is 0.